The van der Waals surface area contributed by atoms with Crippen LogP contribution in [0.4, 0.5) is 24.5 Å². The van der Waals surface area contributed by atoms with Crippen molar-refractivity contribution in [1.82, 2.24) is 0 Å². The number of carboxylic acids is 1. The van der Waals surface area contributed by atoms with Gasteiger partial charge in [-0.1, -0.05) is 0 Å². The van der Waals surface area contributed by atoms with Crippen molar-refractivity contribution in [2.24, 2.45) is 0 Å². The number of carbonyl (C=O) groups excluding carboxylic acids is 1. The molecular formula is C26H31F3N2O5. The quantitative estimate of drug-likeness (QED) is 0.463. The van der Waals surface area contributed by atoms with Gasteiger partial charge >= 0.3 is 12.1 Å². The standard InChI is InChI=1S/C15H16F3NO3.C11H15NO2/c1-3-19(4-2)10-6-5-9-7-11(14(20)21)13(15(16,17)18)22-12(9)8-10;1-3-12(4-2)10-6-5-9(8-13)11(14)7-10/h5-8,13H,3-4H2,1-2H3,(H,20,21);5-8,14H,3-4H2,1-2H3. The topological polar surface area (TPSA) is 90.3 Å². The Morgan fingerprint density at radius 2 is 1.50 bits per heavy atom. The lowest BCUT2D eigenvalue weighted by molar-refractivity contribution is -0.187. The van der Waals surface area contributed by atoms with E-state index in [4.69, 9.17) is 9.84 Å². The van der Waals surface area contributed by atoms with Crippen LogP contribution in [0.5, 0.6) is 11.5 Å². The lowest BCUT2D eigenvalue weighted by Crippen LogP contribution is -2.40. The van der Waals surface area contributed by atoms with Gasteiger partial charge in [-0.2, -0.15) is 13.2 Å². The van der Waals surface area contributed by atoms with Gasteiger partial charge in [0, 0.05) is 55.2 Å². The van der Waals surface area contributed by atoms with Crippen molar-refractivity contribution in [3.63, 3.8) is 0 Å². The number of anilines is 2. The number of carboxylic acid groups (broad SMARTS) is 1. The lowest BCUT2D eigenvalue weighted by atomic mass is 10.0. The van der Waals surface area contributed by atoms with Crippen molar-refractivity contribution >= 4 is 29.7 Å². The number of phenolic OH excluding ortho intramolecular Hbond substituents is 1. The molecule has 1 aliphatic rings. The molecule has 0 amide bonds. The molecule has 10 heteroatoms. The molecule has 2 aromatic rings. The van der Waals surface area contributed by atoms with Crippen molar-refractivity contribution in [3.8, 4) is 11.5 Å². The Morgan fingerprint density at radius 3 is 1.94 bits per heavy atom. The van der Waals surface area contributed by atoms with Crippen LogP contribution in [-0.4, -0.2) is 60.9 Å². The van der Waals surface area contributed by atoms with E-state index in [2.05, 4.69) is 4.90 Å². The SMILES string of the molecule is CCN(CC)c1ccc(C=O)c(O)c1.CCN(CC)c1ccc2c(c1)OC(C(F)(F)F)C(C(=O)O)=C2. The van der Waals surface area contributed by atoms with Gasteiger partial charge in [-0.05, 0) is 58.0 Å². The lowest BCUT2D eigenvalue weighted by Gasteiger charge is -2.28. The molecule has 1 aliphatic heterocycles. The number of hydrogen-bond acceptors (Lipinski definition) is 6. The third-order valence-corrected chi connectivity index (χ3v) is 5.78. The van der Waals surface area contributed by atoms with Crippen LogP contribution in [0.1, 0.15) is 43.6 Å². The fraction of sp³-hybridized carbons (Fsp3) is 0.385. The van der Waals surface area contributed by atoms with E-state index in [1.165, 1.54) is 6.07 Å². The zero-order valence-electron chi connectivity index (χ0n) is 20.7. The maximum Gasteiger partial charge on any atom is 0.430 e. The molecule has 3 rings (SSSR count). The minimum Gasteiger partial charge on any atom is -0.507 e. The minimum absolute atomic E-state index is 0.0386. The Bertz CT molecular complexity index is 1090. The van der Waals surface area contributed by atoms with Crippen molar-refractivity contribution in [2.75, 3.05) is 36.0 Å². The average molecular weight is 509 g/mol. The Hall–Kier alpha value is -3.69. The number of phenols is 1. The number of rotatable bonds is 8. The molecule has 36 heavy (non-hydrogen) atoms. The summed E-state index contributed by atoms with van der Waals surface area (Å²) in [5.41, 5.74) is 1.53. The number of aromatic hydroxyl groups is 1. The van der Waals surface area contributed by atoms with Crippen molar-refractivity contribution in [1.29, 1.82) is 0 Å². The highest BCUT2D eigenvalue weighted by molar-refractivity contribution is 5.95. The summed E-state index contributed by atoms with van der Waals surface area (Å²) in [5.74, 6) is -1.55. The van der Waals surface area contributed by atoms with Crippen LogP contribution in [-0.2, 0) is 4.79 Å². The van der Waals surface area contributed by atoms with E-state index in [0.717, 1.165) is 30.5 Å². The van der Waals surface area contributed by atoms with Crippen LogP contribution < -0.4 is 14.5 Å². The van der Waals surface area contributed by atoms with Crippen molar-refractivity contribution in [2.45, 2.75) is 40.0 Å². The van der Waals surface area contributed by atoms with E-state index in [0.29, 0.717) is 30.5 Å². The van der Waals surface area contributed by atoms with Crippen LogP contribution in [0.15, 0.2) is 42.0 Å². The van der Waals surface area contributed by atoms with E-state index in [9.17, 15) is 27.9 Å². The molecule has 0 bridgehead atoms. The van der Waals surface area contributed by atoms with Gasteiger partial charge in [0.2, 0.25) is 6.10 Å². The number of aliphatic carboxylic acids is 1. The molecule has 7 nitrogen and oxygen atoms in total. The fourth-order valence-electron chi connectivity index (χ4n) is 3.80. The van der Waals surface area contributed by atoms with E-state index in [1.54, 1.807) is 24.3 Å². The molecule has 0 spiro atoms. The third kappa shape index (κ3) is 6.71. The van der Waals surface area contributed by atoms with Crippen molar-refractivity contribution < 1.29 is 37.7 Å². The molecule has 1 heterocycles. The molecule has 0 aromatic heterocycles. The Kier molecular flexibility index (Phi) is 9.77. The van der Waals surface area contributed by atoms with Crippen LogP contribution >= 0.6 is 0 Å². The minimum atomic E-state index is -4.78. The molecule has 0 radical (unpaired) electrons. The number of ether oxygens (including phenoxy) is 1. The van der Waals surface area contributed by atoms with Gasteiger partial charge in [-0.15, -0.1) is 0 Å². The van der Waals surface area contributed by atoms with Crippen LogP contribution in [0.2, 0.25) is 0 Å². The molecule has 2 N–H and O–H groups in total. The average Bonchev–Trinajstić information content (AvgIpc) is 2.84. The van der Waals surface area contributed by atoms with Gasteiger partial charge in [-0.3, -0.25) is 4.79 Å². The number of halogens is 3. The summed E-state index contributed by atoms with van der Waals surface area (Å²) < 4.78 is 43.9. The predicted octanol–water partition coefficient (Wildman–Crippen LogP) is 5.38. The van der Waals surface area contributed by atoms with Gasteiger partial charge < -0.3 is 24.7 Å². The number of hydrogen-bond donors (Lipinski definition) is 2. The Morgan fingerprint density at radius 1 is 0.972 bits per heavy atom. The number of benzene rings is 2. The Labute approximate surface area is 208 Å². The predicted molar refractivity (Wildman–Crippen MR) is 133 cm³/mol. The molecule has 0 fully saturated rings. The van der Waals surface area contributed by atoms with Crippen LogP contribution in [0, 0.1) is 0 Å². The summed E-state index contributed by atoms with van der Waals surface area (Å²) in [7, 11) is 0. The first-order valence-corrected chi connectivity index (χ1v) is 11.6. The van der Waals surface area contributed by atoms with Gasteiger partial charge in [0.05, 0.1) is 11.1 Å². The molecule has 0 saturated heterocycles. The second-order valence-electron chi connectivity index (χ2n) is 7.87. The summed E-state index contributed by atoms with van der Waals surface area (Å²) in [6, 6.07) is 9.91. The van der Waals surface area contributed by atoms with Gasteiger partial charge in [-0.25, -0.2) is 4.79 Å². The molecular weight excluding hydrogens is 477 g/mol. The maximum absolute atomic E-state index is 13.0. The number of nitrogens with zero attached hydrogens (tertiary/aromatic N) is 2. The zero-order valence-corrected chi connectivity index (χ0v) is 20.7. The van der Waals surface area contributed by atoms with Gasteiger partial charge in [0.25, 0.3) is 0 Å². The van der Waals surface area contributed by atoms with Gasteiger partial charge in [0.1, 0.15) is 11.5 Å². The summed E-state index contributed by atoms with van der Waals surface area (Å²) in [6.45, 7) is 11.1. The zero-order chi connectivity index (χ0) is 27.0. The summed E-state index contributed by atoms with van der Waals surface area (Å²) in [4.78, 5) is 25.6. The van der Waals surface area contributed by atoms with E-state index in [1.807, 2.05) is 38.7 Å². The number of fused-ring (bicyclic) bond motifs is 1. The molecule has 0 aliphatic carbocycles. The smallest absolute Gasteiger partial charge is 0.430 e. The van der Waals surface area contributed by atoms with E-state index in [-0.39, 0.29) is 11.5 Å². The monoisotopic (exact) mass is 508 g/mol. The highest BCUT2D eigenvalue weighted by Crippen LogP contribution is 2.39. The fourth-order valence-corrected chi connectivity index (χ4v) is 3.80. The largest absolute Gasteiger partial charge is 0.507 e. The second-order valence-corrected chi connectivity index (χ2v) is 7.87. The normalized spacial score (nSPS) is 14.4. The molecule has 1 atom stereocenters. The molecule has 1 unspecified atom stereocenters. The first kappa shape index (κ1) is 28.5. The molecule has 0 saturated carbocycles. The van der Waals surface area contributed by atoms with Crippen molar-refractivity contribution in [3.05, 3.63) is 53.1 Å². The first-order valence-electron chi connectivity index (χ1n) is 11.6. The number of alkyl halides is 3. The van der Waals surface area contributed by atoms with Crippen LogP contribution in [0.3, 0.4) is 0 Å². The summed E-state index contributed by atoms with van der Waals surface area (Å²) in [6.07, 6.45) is -5.57. The van der Waals surface area contributed by atoms with Crippen LogP contribution in [0.25, 0.3) is 6.08 Å². The molecule has 196 valence electrons. The number of aldehydes is 1. The highest BCUT2D eigenvalue weighted by atomic mass is 19.4. The second kappa shape index (κ2) is 12.3. The first-order chi connectivity index (χ1) is 17.0. The summed E-state index contributed by atoms with van der Waals surface area (Å²) in [5, 5.41) is 18.4. The Balaban J connectivity index is 0.000000281. The number of carbonyl (C=O) groups is 2. The summed E-state index contributed by atoms with van der Waals surface area (Å²) >= 11 is 0. The maximum atomic E-state index is 13.0. The van der Waals surface area contributed by atoms with E-state index < -0.39 is 23.8 Å². The third-order valence-electron chi connectivity index (χ3n) is 5.78. The van der Waals surface area contributed by atoms with E-state index >= 15 is 0 Å². The molecule has 2 aromatic carbocycles. The van der Waals surface area contributed by atoms with Gasteiger partial charge in [0.15, 0.2) is 6.29 Å². The highest BCUT2D eigenvalue weighted by Gasteiger charge is 2.48.